The van der Waals surface area contributed by atoms with Crippen LogP contribution in [0, 0.1) is 5.92 Å². The number of hydrogen-bond acceptors (Lipinski definition) is 3. The monoisotopic (exact) mass is 358 g/mol. The molecule has 1 unspecified atom stereocenters. The SMILES string of the molecule is CC(C1CCN(C)CC1)N(C)C(=O)CCCc1ccc2[nH]c(=O)[nH]c2c1. The number of imidazole rings is 1. The molecule has 3 rings (SSSR count). The molecule has 1 fully saturated rings. The van der Waals surface area contributed by atoms with Gasteiger partial charge in [0.1, 0.15) is 0 Å². The van der Waals surface area contributed by atoms with Crippen LogP contribution in [0.4, 0.5) is 0 Å². The minimum atomic E-state index is -0.183. The van der Waals surface area contributed by atoms with E-state index in [0.29, 0.717) is 18.4 Å². The quantitative estimate of drug-likeness (QED) is 0.833. The number of aromatic amines is 2. The van der Waals surface area contributed by atoms with Crippen molar-refractivity contribution in [2.75, 3.05) is 27.2 Å². The molecule has 142 valence electrons. The molecule has 6 heteroatoms. The van der Waals surface area contributed by atoms with Gasteiger partial charge in [0.05, 0.1) is 11.0 Å². The summed E-state index contributed by atoms with van der Waals surface area (Å²) in [4.78, 5) is 33.7. The number of aromatic nitrogens is 2. The van der Waals surface area contributed by atoms with E-state index in [4.69, 9.17) is 0 Å². The zero-order chi connectivity index (χ0) is 18.7. The number of hydrogen-bond donors (Lipinski definition) is 2. The van der Waals surface area contributed by atoms with Gasteiger partial charge >= 0.3 is 5.69 Å². The molecule has 26 heavy (non-hydrogen) atoms. The van der Waals surface area contributed by atoms with Crippen LogP contribution in [0.1, 0.15) is 38.2 Å². The molecule has 1 saturated heterocycles. The van der Waals surface area contributed by atoms with Crippen LogP contribution < -0.4 is 5.69 Å². The highest BCUT2D eigenvalue weighted by Crippen LogP contribution is 2.23. The summed E-state index contributed by atoms with van der Waals surface area (Å²) in [7, 11) is 4.11. The number of rotatable bonds is 6. The van der Waals surface area contributed by atoms with Crippen LogP contribution in [0.3, 0.4) is 0 Å². The maximum Gasteiger partial charge on any atom is 0.323 e. The van der Waals surface area contributed by atoms with Gasteiger partial charge in [-0.3, -0.25) is 4.79 Å². The number of nitrogens with one attached hydrogen (secondary N) is 2. The lowest BCUT2D eigenvalue weighted by Crippen LogP contribution is -2.44. The Morgan fingerprint density at radius 3 is 2.69 bits per heavy atom. The van der Waals surface area contributed by atoms with Crippen molar-refractivity contribution in [3.63, 3.8) is 0 Å². The highest BCUT2D eigenvalue weighted by Gasteiger charge is 2.26. The molecule has 1 amide bonds. The number of carbonyl (C=O) groups is 1. The van der Waals surface area contributed by atoms with Crippen molar-refractivity contribution in [2.24, 2.45) is 5.92 Å². The van der Waals surface area contributed by atoms with Crippen LogP contribution in [0.5, 0.6) is 0 Å². The molecule has 1 aliphatic rings. The third kappa shape index (κ3) is 4.36. The Balaban J connectivity index is 1.48. The van der Waals surface area contributed by atoms with Crippen molar-refractivity contribution in [1.82, 2.24) is 19.8 Å². The molecule has 1 aliphatic heterocycles. The number of H-pyrrole nitrogens is 2. The Morgan fingerprint density at radius 2 is 1.96 bits per heavy atom. The average Bonchev–Trinajstić information content (AvgIpc) is 3.00. The minimum Gasteiger partial charge on any atom is -0.343 e. The molecule has 2 N–H and O–H groups in total. The fourth-order valence-corrected chi connectivity index (χ4v) is 3.91. The van der Waals surface area contributed by atoms with Gasteiger partial charge in [0.15, 0.2) is 0 Å². The van der Waals surface area contributed by atoms with Gasteiger partial charge in [-0.05, 0) is 76.4 Å². The third-order valence-electron chi connectivity index (χ3n) is 5.89. The van der Waals surface area contributed by atoms with E-state index < -0.39 is 0 Å². The molecule has 2 heterocycles. The van der Waals surface area contributed by atoms with Gasteiger partial charge in [0.25, 0.3) is 0 Å². The summed E-state index contributed by atoms with van der Waals surface area (Å²) in [6.07, 6.45) is 4.57. The number of piperidine rings is 1. The molecule has 0 radical (unpaired) electrons. The number of likely N-dealkylation sites (tertiary alicyclic amines) is 1. The van der Waals surface area contributed by atoms with Crippen molar-refractivity contribution < 1.29 is 4.79 Å². The Kier molecular flexibility index (Phi) is 5.81. The fourth-order valence-electron chi connectivity index (χ4n) is 3.91. The van der Waals surface area contributed by atoms with Crippen LogP contribution >= 0.6 is 0 Å². The van der Waals surface area contributed by atoms with Crippen LogP contribution in [0.2, 0.25) is 0 Å². The lowest BCUT2D eigenvalue weighted by Gasteiger charge is -2.37. The predicted octanol–water partition coefficient (Wildman–Crippen LogP) is 2.37. The summed E-state index contributed by atoms with van der Waals surface area (Å²) in [6.45, 7) is 4.44. The van der Waals surface area contributed by atoms with E-state index in [-0.39, 0.29) is 11.6 Å². The smallest absolute Gasteiger partial charge is 0.323 e. The van der Waals surface area contributed by atoms with Crippen molar-refractivity contribution in [1.29, 1.82) is 0 Å². The van der Waals surface area contributed by atoms with Gasteiger partial charge in [-0.1, -0.05) is 6.07 Å². The summed E-state index contributed by atoms with van der Waals surface area (Å²) in [6, 6.07) is 6.22. The standard InChI is InChI=1S/C20H30N4O2/c1-14(16-9-11-23(2)12-10-16)24(3)19(25)6-4-5-15-7-8-17-18(13-15)22-20(26)21-17/h7-8,13-14,16H,4-6,9-12H2,1-3H3,(H2,21,22,26). The van der Waals surface area contributed by atoms with E-state index in [1.807, 2.05) is 30.1 Å². The second-order valence-corrected chi connectivity index (χ2v) is 7.70. The largest absolute Gasteiger partial charge is 0.343 e. The lowest BCUT2D eigenvalue weighted by molar-refractivity contribution is -0.133. The van der Waals surface area contributed by atoms with Crippen LogP contribution in [-0.2, 0) is 11.2 Å². The number of benzene rings is 1. The van der Waals surface area contributed by atoms with Gasteiger partial charge < -0.3 is 19.8 Å². The summed E-state index contributed by atoms with van der Waals surface area (Å²) in [5.74, 6) is 0.834. The molecule has 6 nitrogen and oxygen atoms in total. The molecule has 0 bridgehead atoms. The third-order valence-corrected chi connectivity index (χ3v) is 5.89. The fraction of sp³-hybridized carbons (Fsp3) is 0.600. The molecule has 0 spiro atoms. The van der Waals surface area contributed by atoms with Gasteiger partial charge in [-0.15, -0.1) is 0 Å². The topological polar surface area (TPSA) is 72.2 Å². The second kappa shape index (κ2) is 8.08. The summed E-state index contributed by atoms with van der Waals surface area (Å²) >= 11 is 0. The van der Waals surface area contributed by atoms with E-state index >= 15 is 0 Å². The predicted molar refractivity (Wildman–Crippen MR) is 104 cm³/mol. The number of nitrogens with zero attached hydrogens (tertiary/aromatic N) is 2. The first kappa shape index (κ1) is 18.7. The minimum absolute atomic E-state index is 0.183. The number of fused-ring (bicyclic) bond motifs is 1. The van der Waals surface area contributed by atoms with E-state index in [2.05, 4.69) is 28.8 Å². The highest BCUT2D eigenvalue weighted by atomic mass is 16.2. The Labute approximate surface area is 154 Å². The Morgan fingerprint density at radius 1 is 1.27 bits per heavy atom. The Bertz CT molecular complexity index is 801. The second-order valence-electron chi connectivity index (χ2n) is 7.70. The summed E-state index contributed by atoms with van der Waals surface area (Å²) in [5, 5.41) is 0. The van der Waals surface area contributed by atoms with Crippen LogP contribution in [0.15, 0.2) is 23.0 Å². The summed E-state index contributed by atoms with van der Waals surface area (Å²) < 4.78 is 0. The van der Waals surface area contributed by atoms with E-state index in [1.165, 1.54) is 12.8 Å². The first-order chi connectivity index (χ1) is 12.4. The van der Waals surface area contributed by atoms with E-state index in [9.17, 15) is 9.59 Å². The molecule has 1 atom stereocenters. The van der Waals surface area contributed by atoms with Crippen molar-refractivity contribution in [3.05, 3.63) is 34.2 Å². The lowest BCUT2D eigenvalue weighted by atomic mass is 9.89. The van der Waals surface area contributed by atoms with Gasteiger partial charge in [0.2, 0.25) is 5.91 Å². The van der Waals surface area contributed by atoms with Crippen molar-refractivity contribution >= 4 is 16.9 Å². The van der Waals surface area contributed by atoms with Gasteiger partial charge in [-0.25, -0.2) is 4.79 Å². The first-order valence-electron chi connectivity index (χ1n) is 9.59. The maximum atomic E-state index is 12.6. The van der Waals surface area contributed by atoms with Gasteiger partial charge in [-0.2, -0.15) is 0 Å². The molecule has 1 aromatic heterocycles. The van der Waals surface area contributed by atoms with Crippen LogP contribution in [-0.4, -0.2) is 58.9 Å². The maximum absolute atomic E-state index is 12.6. The first-order valence-corrected chi connectivity index (χ1v) is 9.59. The van der Waals surface area contributed by atoms with E-state index in [1.54, 1.807) is 0 Å². The highest BCUT2D eigenvalue weighted by molar-refractivity contribution is 5.76. The average molecular weight is 358 g/mol. The molecule has 2 aromatic rings. The van der Waals surface area contributed by atoms with E-state index in [0.717, 1.165) is 42.5 Å². The van der Waals surface area contributed by atoms with Crippen molar-refractivity contribution in [2.45, 2.75) is 45.1 Å². The number of aryl methyl sites for hydroxylation is 1. The summed E-state index contributed by atoms with van der Waals surface area (Å²) in [5.41, 5.74) is 2.61. The molecule has 0 aliphatic carbocycles. The number of amides is 1. The molecular formula is C20H30N4O2. The Hall–Kier alpha value is -2.08. The van der Waals surface area contributed by atoms with Crippen LogP contribution in [0.25, 0.3) is 11.0 Å². The zero-order valence-electron chi connectivity index (χ0n) is 16.0. The van der Waals surface area contributed by atoms with Gasteiger partial charge in [0, 0.05) is 19.5 Å². The zero-order valence-corrected chi connectivity index (χ0v) is 16.0. The molecule has 1 aromatic carbocycles. The van der Waals surface area contributed by atoms with Crippen molar-refractivity contribution in [3.8, 4) is 0 Å². The number of carbonyl (C=O) groups excluding carboxylic acids is 1. The molecular weight excluding hydrogens is 328 g/mol. The molecule has 0 saturated carbocycles. The normalized spacial score (nSPS) is 17.5.